The standard InChI is InChI=1S/C13H19BrO4/c1-2-4-12(16)5-3-8-9-10(15)11(18-8)7(14)6-13(9,12)17/h3,5,7-11,15-17H,2,4,6H2,1H3/t7-,8-,9+,10-,11?,12+,13+/m0/s1. The molecule has 2 aliphatic carbocycles. The lowest BCUT2D eigenvalue weighted by atomic mass is 9.60. The highest BCUT2D eigenvalue weighted by molar-refractivity contribution is 9.09. The Balaban J connectivity index is 2.07. The van der Waals surface area contributed by atoms with Crippen LogP contribution in [0.3, 0.4) is 0 Å². The van der Waals surface area contributed by atoms with Gasteiger partial charge in [0.05, 0.1) is 18.3 Å². The minimum absolute atomic E-state index is 0.137. The molecule has 7 atom stereocenters. The Hall–Kier alpha value is 0.0600. The summed E-state index contributed by atoms with van der Waals surface area (Å²) in [7, 11) is 0. The number of hydrogen-bond donors (Lipinski definition) is 3. The van der Waals surface area contributed by atoms with Crippen LogP contribution in [0.25, 0.3) is 0 Å². The maximum absolute atomic E-state index is 11.0. The summed E-state index contributed by atoms with van der Waals surface area (Å²) in [4.78, 5) is -0.137. The van der Waals surface area contributed by atoms with Gasteiger partial charge in [0.15, 0.2) is 0 Å². The van der Waals surface area contributed by atoms with E-state index in [0.29, 0.717) is 12.8 Å². The first-order valence-corrected chi connectivity index (χ1v) is 7.46. The predicted molar refractivity (Wildman–Crippen MR) is 69.4 cm³/mol. The van der Waals surface area contributed by atoms with Crippen molar-refractivity contribution in [3.05, 3.63) is 12.2 Å². The fraction of sp³-hybridized carbons (Fsp3) is 0.846. The molecule has 2 fully saturated rings. The van der Waals surface area contributed by atoms with Crippen molar-refractivity contribution in [2.24, 2.45) is 5.92 Å². The van der Waals surface area contributed by atoms with Crippen molar-refractivity contribution in [1.82, 2.24) is 0 Å². The number of fused-ring (bicyclic) bond motifs is 1. The van der Waals surface area contributed by atoms with E-state index in [4.69, 9.17) is 4.74 Å². The van der Waals surface area contributed by atoms with Crippen LogP contribution in [0.1, 0.15) is 26.2 Å². The molecule has 0 radical (unpaired) electrons. The van der Waals surface area contributed by atoms with Gasteiger partial charge in [0, 0.05) is 10.7 Å². The Morgan fingerprint density at radius 2 is 2.17 bits per heavy atom. The van der Waals surface area contributed by atoms with Crippen molar-refractivity contribution in [2.75, 3.05) is 0 Å². The van der Waals surface area contributed by atoms with E-state index in [1.54, 1.807) is 12.2 Å². The summed E-state index contributed by atoms with van der Waals surface area (Å²) in [5.74, 6) is -0.433. The molecule has 3 aliphatic rings. The van der Waals surface area contributed by atoms with Crippen molar-refractivity contribution in [1.29, 1.82) is 0 Å². The quantitative estimate of drug-likeness (QED) is 0.518. The van der Waals surface area contributed by atoms with Gasteiger partial charge in [0.1, 0.15) is 11.2 Å². The monoisotopic (exact) mass is 318 g/mol. The first-order valence-electron chi connectivity index (χ1n) is 6.54. The number of rotatable bonds is 2. The molecule has 0 spiro atoms. The SMILES string of the molecule is CCC[C@@]1(O)C=C[C@@H]2OC3[C@@H](O)[C@@H]2[C@]1(O)C[C@@H]3Br. The van der Waals surface area contributed by atoms with Crippen molar-refractivity contribution < 1.29 is 20.1 Å². The Labute approximate surface area is 115 Å². The fourth-order valence-corrected chi connectivity index (χ4v) is 4.79. The zero-order chi connectivity index (χ0) is 13.1. The highest BCUT2D eigenvalue weighted by atomic mass is 79.9. The second-order valence-corrected chi connectivity index (χ2v) is 6.94. The zero-order valence-corrected chi connectivity index (χ0v) is 11.9. The second kappa shape index (κ2) is 4.03. The largest absolute Gasteiger partial charge is 0.390 e. The molecule has 1 aliphatic heterocycles. The maximum atomic E-state index is 11.0. The number of aliphatic hydroxyl groups is 3. The van der Waals surface area contributed by atoms with E-state index < -0.39 is 23.2 Å². The molecule has 1 saturated heterocycles. The summed E-state index contributed by atoms with van der Waals surface area (Å²) >= 11 is 3.47. The van der Waals surface area contributed by atoms with Crippen LogP contribution >= 0.6 is 15.9 Å². The van der Waals surface area contributed by atoms with Crippen LogP contribution in [-0.4, -0.2) is 49.7 Å². The van der Waals surface area contributed by atoms with Crippen LogP contribution in [0.2, 0.25) is 0 Å². The minimum Gasteiger partial charge on any atom is -0.390 e. The molecule has 5 heteroatoms. The van der Waals surface area contributed by atoms with Crippen molar-refractivity contribution in [2.45, 2.75) is 60.5 Å². The lowest BCUT2D eigenvalue weighted by Gasteiger charge is -2.52. The Kier molecular flexibility index (Phi) is 2.92. The number of alkyl halides is 1. The summed E-state index contributed by atoms with van der Waals surface area (Å²) in [6, 6.07) is 0. The molecule has 0 aromatic carbocycles. The maximum Gasteiger partial charge on any atom is 0.112 e. The van der Waals surface area contributed by atoms with Gasteiger partial charge in [-0.2, -0.15) is 0 Å². The zero-order valence-electron chi connectivity index (χ0n) is 10.3. The summed E-state index contributed by atoms with van der Waals surface area (Å²) < 4.78 is 5.76. The summed E-state index contributed by atoms with van der Waals surface area (Å²) in [6.45, 7) is 1.97. The van der Waals surface area contributed by atoms with E-state index in [1.165, 1.54) is 0 Å². The number of halogens is 1. The molecule has 1 unspecified atom stereocenters. The summed E-state index contributed by atoms with van der Waals surface area (Å²) in [5, 5.41) is 32.1. The number of hydrogen-bond acceptors (Lipinski definition) is 4. The molecule has 3 rings (SSSR count). The molecule has 2 bridgehead atoms. The molecular weight excluding hydrogens is 300 g/mol. The molecule has 3 N–H and O–H groups in total. The van der Waals surface area contributed by atoms with E-state index in [-0.39, 0.29) is 17.0 Å². The smallest absolute Gasteiger partial charge is 0.112 e. The van der Waals surface area contributed by atoms with Gasteiger partial charge in [-0.05, 0) is 12.8 Å². The summed E-state index contributed by atoms with van der Waals surface area (Å²) in [5.41, 5.74) is -2.59. The van der Waals surface area contributed by atoms with Gasteiger partial charge in [0.25, 0.3) is 0 Å². The van der Waals surface area contributed by atoms with Crippen molar-refractivity contribution in [3.8, 4) is 0 Å². The van der Waals surface area contributed by atoms with Gasteiger partial charge in [-0.3, -0.25) is 0 Å². The molecule has 0 aromatic heterocycles. The topological polar surface area (TPSA) is 69.9 Å². The van der Waals surface area contributed by atoms with Crippen LogP contribution in [0, 0.1) is 5.92 Å². The predicted octanol–water partition coefficient (Wildman–Crippen LogP) is 0.730. The van der Waals surface area contributed by atoms with Gasteiger partial charge in [-0.25, -0.2) is 0 Å². The van der Waals surface area contributed by atoms with Gasteiger partial charge in [-0.1, -0.05) is 41.4 Å². The van der Waals surface area contributed by atoms with E-state index >= 15 is 0 Å². The third-order valence-electron chi connectivity index (χ3n) is 4.73. The normalized spacial score (nSPS) is 57.9. The van der Waals surface area contributed by atoms with Gasteiger partial charge < -0.3 is 20.1 Å². The molecule has 0 amide bonds. The lowest BCUT2D eigenvalue weighted by Crippen LogP contribution is -2.67. The van der Waals surface area contributed by atoms with Crippen LogP contribution in [-0.2, 0) is 4.74 Å². The third kappa shape index (κ3) is 1.45. The highest BCUT2D eigenvalue weighted by Crippen LogP contribution is 2.55. The molecular formula is C13H19BrO4. The van der Waals surface area contributed by atoms with Crippen LogP contribution in [0.5, 0.6) is 0 Å². The van der Waals surface area contributed by atoms with E-state index in [0.717, 1.165) is 6.42 Å². The molecule has 102 valence electrons. The van der Waals surface area contributed by atoms with Gasteiger partial charge in [-0.15, -0.1) is 0 Å². The first kappa shape index (κ1) is 13.1. The minimum atomic E-state index is -1.32. The highest BCUT2D eigenvalue weighted by Gasteiger charge is 2.67. The Morgan fingerprint density at radius 1 is 1.44 bits per heavy atom. The van der Waals surface area contributed by atoms with E-state index in [9.17, 15) is 15.3 Å². The Morgan fingerprint density at radius 3 is 2.83 bits per heavy atom. The molecule has 4 nitrogen and oxygen atoms in total. The van der Waals surface area contributed by atoms with Crippen molar-refractivity contribution >= 4 is 15.9 Å². The average molecular weight is 319 g/mol. The number of aliphatic hydroxyl groups excluding tert-OH is 1. The lowest BCUT2D eigenvalue weighted by molar-refractivity contribution is -0.195. The molecule has 1 saturated carbocycles. The van der Waals surface area contributed by atoms with E-state index in [1.807, 2.05) is 6.92 Å². The molecule has 18 heavy (non-hydrogen) atoms. The van der Waals surface area contributed by atoms with Gasteiger partial charge >= 0.3 is 0 Å². The first-order chi connectivity index (χ1) is 8.43. The fourth-order valence-electron chi connectivity index (χ4n) is 3.86. The van der Waals surface area contributed by atoms with E-state index in [2.05, 4.69) is 15.9 Å². The average Bonchev–Trinajstić information content (AvgIpc) is 2.58. The summed E-state index contributed by atoms with van der Waals surface area (Å²) in [6.07, 6.45) is 3.79. The van der Waals surface area contributed by atoms with Crippen molar-refractivity contribution in [3.63, 3.8) is 0 Å². The van der Waals surface area contributed by atoms with Crippen LogP contribution < -0.4 is 0 Å². The molecule has 0 aromatic rings. The second-order valence-electron chi connectivity index (χ2n) is 5.76. The Bertz CT molecular complexity index is 387. The molecule has 1 heterocycles. The number of ether oxygens (including phenoxy) is 1. The van der Waals surface area contributed by atoms with Crippen LogP contribution in [0.4, 0.5) is 0 Å². The third-order valence-corrected chi connectivity index (χ3v) is 5.57. The van der Waals surface area contributed by atoms with Crippen LogP contribution in [0.15, 0.2) is 12.2 Å². The van der Waals surface area contributed by atoms with Gasteiger partial charge in [0.2, 0.25) is 0 Å².